The second-order valence-corrected chi connectivity index (χ2v) is 32.5. The van der Waals surface area contributed by atoms with Gasteiger partial charge in [-0.25, -0.2) is 0 Å². The summed E-state index contributed by atoms with van der Waals surface area (Å²) in [6.07, 6.45) is 0.760. The standard InChI is InChI=1S/C98H84N2/c1-54-24-38-85(58(5)42-54)99(86-39-25-55(2)43-59(86)6)66-33-36-69-73-49-80-75(50-79(73)96(10,11)78(69)48-66)93-71-23-19-18-22-70(71)89(53-84(93)98(80,14)15)100(87-40-26-56(3)44-60(87)7)88-41-27-57(4)45-65(88)46-63-29-28-62-30-35-72-91-64(31-34-68(63)90(62)91)47-83-94(72)76-52-81-74(51-82(76)97(83,12)13)92-67-21-17-16-20-61(67)32-37-77(92)95(81,8)9/h16-45,47-53H,46H2,1-15H3. The summed E-state index contributed by atoms with van der Waals surface area (Å²) >= 11 is 0. The van der Waals surface area contributed by atoms with E-state index in [9.17, 15) is 0 Å². The third-order valence-electron chi connectivity index (χ3n) is 24.8. The van der Waals surface area contributed by atoms with Crippen LogP contribution >= 0.6 is 0 Å². The Hall–Kier alpha value is -10.5. The molecule has 0 N–H and O–H groups in total. The fourth-order valence-corrected chi connectivity index (χ4v) is 19.6. The number of hydrogen-bond donors (Lipinski definition) is 0. The molecule has 0 saturated carbocycles. The molecule has 4 aliphatic carbocycles. The summed E-state index contributed by atoms with van der Waals surface area (Å²) in [6, 6.07) is 88.4. The van der Waals surface area contributed by atoms with Gasteiger partial charge in [0.1, 0.15) is 0 Å². The van der Waals surface area contributed by atoms with E-state index in [0.717, 1.165) is 6.42 Å². The van der Waals surface area contributed by atoms with Crippen LogP contribution in [-0.4, -0.2) is 0 Å². The Labute approximate surface area is 589 Å². The number of nitrogens with zero attached hydrogens (tertiary/aromatic N) is 2. The Bertz CT molecular complexity index is 6100. The molecule has 0 atom stereocenters. The normalized spacial score (nSPS) is 15.1. The molecular formula is C98H84N2. The van der Waals surface area contributed by atoms with Crippen molar-refractivity contribution in [2.75, 3.05) is 9.80 Å². The summed E-state index contributed by atoms with van der Waals surface area (Å²) < 4.78 is 0. The summed E-state index contributed by atoms with van der Waals surface area (Å²) in [5.74, 6) is 0. The van der Waals surface area contributed by atoms with Crippen molar-refractivity contribution in [1.82, 2.24) is 0 Å². The van der Waals surface area contributed by atoms with E-state index in [1.807, 2.05) is 0 Å². The number of benzene rings is 15. The van der Waals surface area contributed by atoms with E-state index in [2.05, 4.69) is 338 Å². The van der Waals surface area contributed by atoms with Crippen molar-refractivity contribution in [2.45, 2.75) is 132 Å². The van der Waals surface area contributed by atoms with Gasteiger partial charge in [0.25, 0.3) is 0 Å². The maximum Gasteiger partial charge on any atom is 0.0543 e. The lowest BCUT2D eigenvalue weighted by molar-refractivity contribution is 0.652. The number of anilines is 6. The highest BCUT2D eigenvalue weighted by atomic mass is 15.2. The van der Waals surface area contributed by atoms with Crippen molar-refractivity contribution < 1.29 is 0 Å². The van der Waals surface area contributed by atoms with Gasteiger partial charge in [-0.15, -0.1) is 0 Å². The number of aryl methyl sites for hydroxylation is 7. The van der Waals surface area contributed by atoms with Crippen LogP contribution in [0.3, 0.4) is 0 Å². The first-order valence-electron chi connectivity index (χ1n) is 36.3. The average molecular weight is 1290 g/mol. The first-order valence-corrected chi connectivity index (χ1v) is 36.3. The molecule has 0 heterocycles. The third kappa shape index (κ3) is 8.31. The van der Waals surface area contributed by atoms with E-state index >= 15 is 0 Å². The number of hydrogen-bond acceptors (Lipinski definition) is 2. The molecular weight excluding hydrogens is 1210 g/mol. The zero-order chi connectivity index (χ0) is 68.7. The SMILES string of the molecule is Cc1ccc(N(c2ccc3c(c2)C(C)(C)c2cc4c(cc2-3)C(C)(C)c2cc(N(c3ccc(C)cc3C)c3ccc(C)cc3Cc3ccc5ccc6c7c(cc8ccc3c5c86)C(C)(C)c3cc5c(cc3-7)C(C)(C)c3ccc6ccccc6c3-5)c3ccccc3c2-4)c2ccc(C)cc2C)c(C)c1. The largest absolute Gasteiger partial charge is 0.310 e. The summed E-state index contributed by atoms with van der Waals surface area (Å²) in [7, 11) is 0. The van der Waals surface area contributed by atoms with E-state index in [0.29, 0.717) is 0 Å². The van der Waals surface area contributed by atoms with Gasteiger partial charge in [-0.2, -0.15) is 0 Å². The van der Waals surface area contributed by atoms with Crippen LogP contribution in [-0.2, 0) is 28.1 Å². The first-order chi connectivity index (χ1) is 48.0. The van der Waals surface area contributed by atoms with Crippen LogP contribution < -0.4 is 9.80 Å². The molecule has 0 spiro atoms. The number of rotatable bonds is 8. The molecule has 0 aromatic heterocycles. The lowest BCUT2D eigenvalue weighted by atomic mass is 9.79. The van der Waals surface area contributed by atoms with Gasteiger partial charge < -0.3 is 9.80 Å². The average Bonchev–Trinajstić information content (AvgIpc) is 1.51. The molecule has 15 aromatic carbocycles. The lowest BCUT2D eigenvalue weighted by Crippen LogP contribution is -2.19. The quantitative estimate of drug-likeness (QED) is 0.140. The second-order valence-electron chi connectivity index (χ2n) is 32.5. The van der Waals surface area contributed by atoms with Gasteiger partial charge in [0.05, 0.1) is 5.69 Å². The predicted octanol–water partition coefficient (Wildman–Crippen LogP) is 26.8. The Balaban J connectivity index is 0.741. The minimum absolute atomic E-state index is 0.138. The van der Waals surface area contributed by atoms with Crippen molar-refractivity contribution in [3.8, 4) is 44.5 Å². The van der Waals surface area contributed by atoms with Crippen LogP contribution in [0, 0.1) is 48.5 Å². The van der Waals surface area contributed by atoms with Crippen molar-refractivity contribution in [3.05, 3.63) is 319 Å². The predicted molar refractivity (Wildman–Crippen MR) is 427 cm³/mol. The molecule has 15 aromatic rings. The molecule has 0 amide bonds. The number of fused-ring (bicyclic) bond motifs is 17. The fourth-order valence-electron chi connectivity index (χ4n) is 19.6. The molecule has 0 fully saturated rings. The van der Waals surface area contributed by atoms with Crippen molar-refractivity contribution >= 4 is 88.0 Å². The highest BCUT2D eigenvalue weighted by Crippen LogP contribution is 2.62. The smallest absolute Gasteiger partial charge is 0.0543 e. The molecule has 100 heavy (non-hydrogen) atoms. The molecule has 2 nitrogen and oxygen atoms in total. The molecule has 0 saturated heterocycles. The molecule has 0 unspecified atom stereocenters. The molecule has 0 radical (unpaired) electrons. The highest BCUT2D eigenvalue weighted by Gasteiger charge is 2.46. The van der Waals surface area contributed by atoms with Crippen LogP contribution in [0.15, 0.2) is 224 Å². The highest BCUT2D eigenvalue weighted by molar-refractivity contribution is 6.27. The first kappa shape index (κ1) is 60.6. The molecule has 2 heteroatoms. The maximum absolute atomic E-state index is 2.64. The van der Waals surface area contributed by atoms with Crippen LogP contribution in [0.2, 0.25) is 0 Å². The van der Waals surface area contributed by atoms with Crippen LogP contribution in [0.4, 0.5) is 34.1 Å². The monoisotopic (exact) mass is 1290 g/mol. The van der Waals surface area contributed by atoms with E-state index < -0.39 is 0 Å². The van der Waals surface area contributed by atoms with Crippen molar-refractivity contribution in [2.24, 2.45) is 0 Å². The lowest BCUT2D eigenvalue weighted by Gasteiger charge is -2.32. The van der Waals surface area contributed by atoms with E-state index in [-0.39, 0.29) is 21.7 Å². The Morgan fingerprint density at radius 2 is 0.700 bits per heavy atom. The van der Waals surface area contributed by atoms with Crippen LogP contribution in [0.1, 0.15) is 150 Å². The maximum atomic E-state index is 2.64. The molecule has 0 bridgehead atoms. The van der Waals surface area contributed by atoms with Gasteiger partial charge >= 0.3 is 0 Å². The topological polar surface area (TPSA) is 6.48 Å². The molecule has 486 valence electrons. The Morgan fingerprint density at radius 3 is 1.33 bits per heavy atom. The van der Waals surface area contributed by atoms with Gasteiger partial charge in [-0.3, -0.25) is 0 Å². The van der Waals surface area contributed by atoms with Gasteiger partial charge in [-0.1, -0.05) is 229 Å². The summed E-state index contributed by atoms with van der Waals surface area (Å²) in [5, 5.41) is 13.2. The summed E-state index contributed by atoms with van der Waals surface area (Å²) in [5.41, 5.74) is 39.9. The van der Waals surface area contributed by atoms with Gasteiger partial charge in [0.15, 0.2) is 0 Å². The second kappa shape index (κ2) is 20.8. The Morgan fingerprint density at radius 1 is 0.250 bits per heavy atom. The molecule has 19 rings (SSSR count). The van der Waals surface area contributed by atoms with Gasteiger partial charge in [-0.05, 0) is 287 Å². The van der Waals surface area contributed by atoms with Gasteiger partial charge in [0, 0.05) is 61.9 Å². The van der Waals surface area contributed by atoms with Crippen LogP contribution in [0.5, 0.6) is 0 Å². The van der Waals surface area contributed by atoms with Crippen LogP contribution in [0.25, 0.3) is 98.4 Å². The van der Waals surface area contributed by atoms with E-state index in [1.165, 1.54) is 227 Å². The van der Waals surface area contributed by atoms with Gasteiger partial charge in [0.2, 0.25) is 0 Å². The zero-order valence-corrected chi connectivity index (χ0v) is 60.5. The summed E-state index contributed by atoms with van der Waals surface area (Å²) in [4.78, 5) is 5.13. The van der Waals surface area contributed by atoms with Crippen molar-refractivity contribution in [1.29, 1.82) is 0 Å². The van der Waals surface area contributed by atoms with E-state index in [4.69, 9.17) is 0 Å². The van der Waals surface area contributed by atoms with E-state index in [1.54, 1.807) is 0 Å². The Kier molecular flexibility index (Phi) is 12.6. The molecule has 0 aliphatic heterocycles. The minimum atomic E-state index is -0.324. The summed E-state index contributed by atoms with van der Waals surface area (Å²) in [6.45, 7) is 35.3. The fraction of sp³-hybridized carbons (Fsp3) is 0.204. The molecule has 4 aliphatic rings. The zero-order valence-electron chi connectivity index (χ0n) is 60.5. The third-order valence-corrected chi connectivity index (χ3v) is 24.8. The van der Waals surface area contributed by atoms with Crippen molar-refractivity contribution in [3.63, 3.8) is 0 Å². The minimum Gasteiger partial charge on any atom is -0.310 e.